The molecule has 126 valence electrons. The highest BCUT2D eigenvalue weighted by Crippen LogP contribution is 2.13. The molecule has 2 heterocycles. The van der Waals surface area contributed by atoms with E-state index >= 15 is 0 Å². The van der Waals surface area contributed by atoms with E-state index in [4.69, 9.17) is 0 Å². The third kappa shape index (κ3) is 6.44. The molecule has 0 aliphatic heterocycles. The predicted octanol–water partition coefficient (Wildman–Crippen LogP) is 2.46. The number of aliphatic imine (C=N–C) groups is 1. The predicted molar refractivity (Wildman–Crippen MR) is 98.1 cm³/mol. The van der Waals surface area contributed by atoms with E-state index < -0.39 is 0 Å². The lowest BCUT2D eigenvalue weighted by Crippen LogP contribution is -2.40. The summed E-state index contributed by atoms with van der Waals surface area (Å²) in [5.74, 6) is 1.47. The molecule has 1 atom stereocenters. The summed E-state index contributed by atoms with van der Waals surface area (Å²) in [5.41, 5.74) is 1.28. The van der Waals surface area contributed by atoms with Gasteiger partial charge in [-0.1, -0.05) is 13.0 Å². The smallest absolute Gasteiger partial charge is 0.190 e. The number of aryl methyl sites for hydroxylation is 2. The molecular weight excluding hydrogens is 306 g/mol. The van der Waals surface area contributed by atoms with E-state index in [1.807, 2.05) is 36.3 Å². The Morgan fingerprint density at radius 1 is 1.43 bits per heavy atom. The van der Waals surface area contributed by atoms with Crippen LogP contribution in [0, 0.1) is 5.92 Å². The van der Waals surface area contributed by atoms with Crippen LogP contribution in [0.4, 0.5) is 0 Å². The van der Waals surface area contributed by atoms with Gasteiger partial charge in [0.15, 0.2) is 5.96 Å². The van der Waals surface area contributed by atoms with Crippen molar-refractivity contribution < 1.29 is 0 Å². The summed E-state index contributed by atoms with van der Waals surface area (Å²) >= 11 is 1.83. The van der Waals surface area contributed by atoms with Gasteiger partial charge in [-0.2, -0.15) is 5.10 Å². The Labute approximate surface area is 142 Å². The molecule has 0 aromatic carbocycles. The fourth-order valence-electron chi connectivity index (χ4n) is 2.44. The zero-order valence-corrected chi connectivity index (χ0v) is 15.1. The molecule has 0 fully saturated rings. The molecular formula is C17H27N5S. The molecule has 5 nitrogen and oxygen atoms in total. The molecule has 2 aromatic rings. The number of hydrogen-bond donors (Lipinski definition) is 2. The van der Waals surface area contributed by atoms with Crippen molar-refractivity contribution in [1.29, 1.82) is 0 Å². The number of rotatable bonds is 8. The molecule has 2 rings (SSSR count). The Balaban J connectivity index is 1.61. The monoisotopic (exact) mass is 333 g/mol. The van der Waals surface area contributed by atoms with Crippen molar-refractivity contribution in [2.75, 3.05) is 20.1 Å². The van der Waals surface area contributed by atoms with Gasteiger partial charge in [-0.05, 0) is 42.2 Å². The molecule has 23 heavy (non-hydrogen) atoms. The Kier molecular flexibility index (Phi) is 7.13. The molecule has 0 saturated carbocycles. The van der Waals surface area contributed by atoms with Crippen molar-refractivity contribution in [1.82, 2.24) is 20.4 Å². The summed E-state index contributed by atoms with van der Waals surface area (Å²) in [5, 5.41) is 13.1. The van der Waals surface area contributed by atoms with Crippen LogP contribution in [-0.2, 0) is 19.9 Å². The largest absolute Gasteiger partial charge is 0.356 e. The SMILES string of the molecule is CN=C(NCCCc1cnn(C)c1)NCC(C)Cc1cccs1. The summed E-state index contributed by atoms with van der Waals surface area (Å²) in [6.07, 6.45) is 7.21. The summed E-state index contributed by atoms with van der Waals surface area (Å²) in [6, 6.07) is 4.32. The average Bonchev–Trinajstić information content (AvgIpc) is 3.18. The van der Waals surface area contributed by atoms with Gasteiger partial charge < -0.3 is 10.6 Å². The molecule has 0 bridgehead atoms. The number of thiophene rings is 1. The van der Waals surface area contributed by atoms with Gasteiger partial charge in [0.1, 0.15) is 0 Å². The first-order chi connectivity index (χ1) is 11.2. The van der Waals surface area contributed by atoms with Crippen molar-refractivity contribution in [3.63, 3.8) is 0 Å². The van der Waals surface area contributed by atoms with Crippen molar-refractivity contribution in [3.05, 3.63) is 40.3 Å². The highest BCUT2D eigenvalue weighted by molar-refractivity contribution is 7.09. The minimum absolute atomic E-state index is 0.586. The third-order valence-corrected chi connectivity index (χ3v) is 4.56. The second-order valence-corrected chi connectivity index (χ2v) is 6.93. The quantitative estimate of drug-likeness (QED) is 0.443. The van der Waals surface area contributed by atoms with E-state index in [2.05, 4.69) is 51.4 Å². The van der Waals surface area contributed by atoms with E-state index in [0.717, 1.165) is 38.3 Å². The van der Waals surface area contributed by atoms with Crippen molar-refractivity contribution in [3.8, 4) is 0 Å². The number of guanidine groups is 1. The lowest BCUT2D eigenvalue weighted by molar-refractivity contribution is 0.561. The van der Waals surface area contributed by atoms with Crippen LogP contribution >= 0.6 is 11.3 Å². The van der Waals surface area contributed by atoms with Crippen LogP contribution in [0.5, 0.6) is 0 Å². The molecule has 0 amide bonds. The normalized spacial score (nSPS) is 13.1. The Morgan fingerprint density at radius 2 is 2.30 bits per heavy atom. The number of nitrogens with zero attached hydrogens (tertiary/aromatic N) is 3. The molecule has 0 aliphatic carbocycles. The lowest BCUT2D eigenvalue weighted by atomic mass is 10.1. The van der Waals surface area contributed by atoms with Gasteiger partial charge in [0, 0.05) is 38.3 Å². The Bertz CT molecular complexity index is 588. The summed E-state index contributed by atoms with van der Waals surface area (Å²) < 4.78 is 1.85. The summed E-state index contributed by atoms with van der Waals surface area (Å²) in [6.45, 7) is 4.11. The highest BCUT2D eigenvalue weighted by atomic mass is 32.1. The number of hydrogen-bond acceptors (Lipinski definition) is 3. The van der Waals surface area contributed by atoms with Crippen LogP contribution in [0.2, 0.25) is 0 Å². The maximum atomic E-state index is 4.29. The molecule has 2 N–H and O–H groups in total. The summed E-state index contributed by atoms with van der Waals surface area (Å²) in [4.78, 5) is 5.73. The van der Waals surface area contributed by atoms with Gasteiger partial charge in [-0.25, -0.2) is 0 Å². The van der Waals surface area contributed by atoms with Crippen molar-refractivity contribution in [2.45, 2.75) is 26.2 Å². The maximum Gasteiger partial charge on any atom is 0.190 e. The molecule has 0 radical (unpaired) electrons. The van der Waals surface area contributed by atoms with Gasteiger partial charge in [0.2, 0.25) is 0 Å². The third-order valence-electron chi connectivity index (χ3n) is 3.66. The van der Waals surface area contributed by atoms with Gasteiger partial charge in [0.05, 0.1) is 6.20 Å². The molecule has 6 heteroatoms. The Hall–Kier alpha value is -1.82. The minimum atomic E-state index is 0.586. The van der Waals surface area contributed by atoms with Gasteiger partial charge in [-0.3, -0.25) is 9.67 Å². The second-order valence-electron chi connectivity index (χ2n) is 5.89. The van der Waals surface area contributed by atoms with E-state index in [-0.39, 0.29) is 0 Å². The van der Waals surface area contributed by atoms with E-state index in [1.54, 1.807) is 0 Å². The maximum absolute atomic E-state index is 4.29. The van der Waals surface area contributed by atoms with Gasteiger partial charge >= 0.3 is 0 Å². The standard InChI is InChI=1S/C17H27N5S/c1-14(10-16-7-5-9-23-16)11-20-17(18-2)19-8-4-6-15-12-21-22(3)13-15/h5,7,9,12-14H,4,6,8,10-11H2,1-3H3,(H2,18,19,20). The number of nitrogens with one attached hydrogen (secondary N) is 2. The first kappa shape index (κ1) is 17.5. The minimum Gasteiger partial charge on any atom is -0.356 e. The van der Waals surface area contributed by atoms with Crippen LogP contribution in [0.3, 0.4) is 0 Å². The van der Waals surface area contributed by atoms with Crippen LogP contribution in [0.25, 0.3) is 0 Å². The molecule has 1 unspecified atom stereocenters. The molecule has 0 aliphatic rings. The fraction of sp³-hybridized carbons (Fsp3) is 0.529. The summed E-state index contributed by atoms with van der Waals surface area (Å²) in [7, 11) is 3.77. The van der Waals surface area contributed by atoms with E-state index in [9.17, 15) is 0 Å². The van der Waals surface area contributed by atoms with Crippen molar-refractivity contribution >= 4 is 17.3 Å². The molecule has 0 saturated heterocycles. The van der Waals surface area contributed by atoms with E-state index in [1.165, 1.54) is 10.4 Å². The lowest BCUT2D eigenvalue weighted by Gasteiger charge is -2.15. The Morgan fingerprint density at radius 3 is 2.96 bits per heavy atom. The second kappa shape index (κ2) is 9.35. The van der Waals surface area contributed by atoms with Crippen molar-refractivity contribution in [2.24, 2.45) is 18.0 Å². The van der Waals surface area contributed by atoms with Gasteiger partial charge in [-0.15, -0.1) is 11.3 Å². The zero-order chi connectivity index (χ0) is 16.5. The van der Waals surface area contributed by atoms with Crippen LogP contribution in [0.1, 0.15) is 23.8 Å². The first-order valence-electron chi connectivity index (χ1n) is 8.12. The van der Waals surface area contributed by atoms with E-state index in [0.29, 0.717) is 5.92 Å². The topological polar surface area (TPSA) is 54.2 Å². The molecule has 2 aromatic heterocycles. The van der Waals surface area contributed by atoms with Crippen LogP contribution < -0.4 is 10.6 Å². The van der Waals surface area contributed by atoms with Crippen LogP contribution in [-0.4, -0.2) is 35.9 Å². The van der Waals surface area contributed by atoms with Gasteiger partial charge in [0.25, 0.3) is 0 Å². The molecule has 0 spiro atoms. The highest BCUT2D eigenvalue weighted by Gasteiger charge is 2.06. The first-order valence-corrected chi connectivity index (χ1v) is 8.99. The zero-order valence-electron chi connectivity index (χ0n) is 14.2. The average molecular weight is 334 g/mol. The number of aromatic nitrogens is 2. The van der Waals surface area contributed by atoms with Crippen LogP contribution in [0.15, 0.2) is 34.9 Å². The fourth-order valence-corrected chi connectivity index (χ4v) is 3.31.